The van der Waals surface area contributed by atoms with Crippen LogP contribution in [0.15, 0.2) is 67.0 Å². The van der Waals surface area contributed by atoms with Crippen LogP contribution in [0.1, 0.15) is 62.9 Å². The first kappa shape index (κ1) is 60.4. The molecule has 2 bridgehead atoms. The molecular formula is C52H58F10N10O8. The SMILES string of the molecule is COC(=O)N[C@H](C(=O)N[C@@H](Cc1ccc(C#Cc2ccc(N3C4CC3CN(C3COC3)C4)nc2)cc1)[C@@H](O)CN(Cc1c(F)cc(-c2ccn(C(F)F)n2)cc1F)NC(=O)[C@@H](NC(=O)OC)C(C)(C)C(F)(F)F)C(C)(C)C(F)(F)F. The molecule has 0 spiro atoms. The summed E-state index contributed by atoms with van der Waals surface area (Å²) >= 11 is 0. The lowest BCUT2D eigenvalue weighted by atomic mass is 9.82. The van der Waals surface area contributed by atoms with Crippen molar-refractivity contribution < 1.29 is 82.4 Å². The van der Waals surface area contributed by atoms with Gasteiger partial charge in [0.2, 0.25) is 5.91 Å². The van der Waals surface area contributed by atoms with Crippen molar-refractivity contribution in [2.75, 3.05) is 52.0 Å². The first-order valence-electron chi connectivity index (χ1n) is 24.9. The Kier molecular flexibility index (Phi) is 18.3. The van der Waals surface area contributed by atoms with Gasteiger partial charge in [-0.25, -0.2) is 33.0 Å². The summed E-state index contributed by atoms with van der Waals surface area (Å²) in [5, 5.41) is 22.1. The van der Waals surface area contributed by atoms with E-state index in [0.29, 0.717) is 74.1 Å². The van der Waals surface area contributed by atoms with E-state index in [9.17, 15) is 59.4 Å². The molecule has 434 valence electrons. The quantitative estimate of drug-likeness (QED) is 0.0402. The van der Waals surface area contributed by atoms with E-state index in [1.165, 1.54) is 12.1 Å². The largest absolute Gasteiger partial charge is 0.453 e. The van der Waals surface area contributed by atoms with Gasteiger partial charge in [-0.1, -0.05) is 24.0 Å². The minimum absolute atomic E-state index is 0.198. The number of anilines is 1. The summed E-state index contributed by atoms with van der Waals surface area (Å²) in [6, 6.07) is 6.46. The monoisotopic (exact) mass is 1140 g/mol. The lowest BCUT2D eigenvalue weighted by molar-refractivity contribution is -0.221. The fraction of sp³-hybridized carbons (Fsp3) is 0.500. The fourth-order valence-electron chi connectivity index (χ4n) is 9.28. The van der Waals surface area contributed by atoms with Crippen molar-refractivity contribution in [3.05, 3.63) is 101 Å². The maximum absolute atomic E-state index is 16.0. The number of nitrogens with zero attached hydrogens (tertiary/aromatic N) is 6. The van der Waals surface area contributed by atoms with E-state index >= 15 is 8.78 Å². The second kappa shape index (κ2) is 24.2. The van der Waals surface area contributed by atoms with Crippen LogP contribution in [0, 0.1) is 34.3 Å². The number of alkyl halides is 8. The number of halogens is 10. The molecule has 0 radical (unpaired) electrons. The number of hydrazine groups is 1. The molecule has 4 aliphatic heterocycles. The van der Waals surface area contributed by atoms with Crippen molar-refractivity contribution in [2.45, 2.75) is 108 Å². The molecule has 2 aromatic carbocycles. The van der Waals surface area contributed by atoms with Crippen molar-refractivity contribution >= 4 is 29.8 Å². The van der Waals surface area contributed by atoms with E-state index < -0.39 is 115 Å². The number of alkyl carbamates (subject to hydrolysis) is 2. The van der Waals surface area contributed by atoms with Crippen molar-refractivity contribution in [1.82, 2.24) is 46.0 Å². The Balaban J connectivity index is 1.18. The van der Waals surface area contributed by atoms with Crippen molar-refractivity contribution in [3.8, 4) is 23.1 Å². The predicted octanol–water partition coefficient (Wildman–Crippen LogP) is 6.23. The molecule has 4 aliphatic rings. The number of pyridine rings is 1. The van der Waals surface area contributed by atoms with Crippen molar-refractivity contribution in [1.29, 1.82) is 0 Å². The molecule has 5 N–H and O–H groups in total. The minimum Gasteiger partial charge on any atom is -0.453 e. The summed E-state index contributed by atoms with van der Waals surface area (Å²) < 4.78 is 160. The number of aliphatic hydroxyl groups excluding tert-OH is 1. The third kappa shape index (κ3) is 13.7. The van der Waals surface area contributed by atoms with Gasteiger partial charge in [0, 0.05) is 72.9 Å². The number of carbonyl (C=O) groups is 4. The number of hydrogen-bond donors (Lipinski definition) is 5. The Morgan fingerprint density at radius 2 is 1.34 bits per heavy atom. The highest BCUT2D eigenvalue weighted by Gasteiger charge is 2.57. The Morgan fingerprint density at radius 1 is 0.787 bits per heavy atom. The van der Waals surface area contributed by atoms with Crippen LogP contribution in [0.4, 0.5) is 59.3 Å². The second-order valence-electron chi connectivity index (χ2n) is 20.6. The minimum atomic E-state index is -5.23. The van der Waals surface area contributed by atoms with Gasteiger partial charge in [0.25, 0.3) is 5.91 Å². The number of piperazine rings is 1. The first-order chi connectivity index (χ1) is 37.5. The van der Waals surface area contributed by atoms with E-state index in [2.05, 4.69) is 46.5 Å². The van der Waals surface area contributed by atoms with Gasteiger partial charge in [-0.2, -0.15) is 40.2 Å². The second-order valence-corrected chi connectivity index (χ2v) is 20.6. The number of hydrogen-bond acceptors (Lipinski definition) is 13. The van der Waals surface area contributed by atoms with Gasteiger partial charge in [0.15, 0.2) is 0 Å². The summed E-state index contributed by atoms with van der Waals surface area (Å²) in [4.78, 5) is 62.3. The average molecular weight is 1140 g/mol. The predicted molar refractivity (Wildman–Crippen MR) is 265 cm³/mol. The number of benzene rings is 2. The standard InChI is InChI=1S/C52H58F10N10O8/c1-49(2,51(57,58)59)42(65-47(76)78-5)44(74)64-39(17-29-10-7-28(8-11-29)9-12-30-13-14-41(63-21-30)72-32-20-33(72)23-69(22-32)34-26-80-27-34)40(73)25-70(68-45(75)43(66-48(77)79-6)50(3,4)52(60,61)62)24-35-36(53)18-31(19-37(35)54)38-15-16-71(67-38)46(55)56/h7-8,10-11,13-16,18-19,21,32-34,39-40,42-43,46,73H,17,20,22-27H2,1-6H3,(H,64,74)(H,65,76)(H,66,77)(H,68,75)/t32?,33?,39-,40-,42+,43+/m0/s1. The van der Waals surface area contributed by atoms with Crippen LogP contribution in [0.25, 0.3) is 11.3 Å². The maximum Gasteiger partial charge on any atom is 0.407 e. The number of carbonyl (C=O) groups excluding carboxylic acids is 4. The molecule has 0 saturated carbocycles. The number of aliphatic hydroxyl groups is 1. The van der Waals surface area contributed by atoms with E-state index in [-0.39, 0.29) is 21.5 Å². The van der Waals surface area contributed by atoms with Crippen LogP contribution < -0.4 is 26.3 Å². The number of aromatic nitrogens is 3. The number of amides is 4. The third-order valence-corrected chi connectivity index (χ3v) is 14.5. The molecule has 4 aromatic rings. The molecule has 2 unspecified atom stereocenters. The lowest BCUT2D eigenvalue weighted by Crippen LogP contribution is -2.72. The normalized spacial score (nSPS) is 18.4. The van der Waals surface area contributed by atoms with Gasteiger partial charge in [0.1, 0.15) is 29.5 Å². The summed E-state index contributed by atoms with van der Waals surface area (Å²) in [7, 11) is 1.60. The lowest BCUT2D eigenvalue weighted by Gasteiger charge is -2.59. The van der Waals surface area contributed by atoms with Crippen LogP contribution in [-0.4, -0.2) is 156 Å². The van der Waals surface area contributed by atoms with Gasteiger partial charge in [0.05, 0.1) is 62.1 Å². The zero-order valence-electron chi connectivity index (χ0n) is 43.9. The number of fused-ring (bicyclic) bond motifs is 2. The Morgan fingerprint density at radius 3 is 1.82 bits per heavy atom. The van der Waals surface area contributed by atoms with Gasteiger partial charge in [-0.05, 0) is 88.6 Å². The average Bonchev–Trinajstić information content (AvgIpc) is 3.88. The van der Waals surface area contributed by atoms with E-state index in [0.717, 1.165) is 65.0 Å². The zero-order valence-corrected chi connectivity index (χ0v) is 43.9. The zero-order chi connectivity index (χ0) is 58.6. The van der Waals surface area contributed by atoms with Gasteiger partial charge in [-0.15, -0.1) is 0 Å². The molecule has 18 nitrogen and oxygen atoms in total. The molecule has 8 rings (SSSR count). The molecule has 4 amide bonds. The van der Waals surface area contributed by atoms with Crippen molar-refractivity contribution in [2.24, 2.45) is 10.8 Å². The third-order valence-electron chi connectivity index (χ3n) is 14.5. The highest BCUT2D eigenvalue weighted by atomic mass is 19.4. The molecule has 2 aromatic heterocycles. The van der Waals surface area contributed by atoms with Crippen molar-refractivity contribution in [3.63, 3.8) is 0 Å². The number of methoxy groups -OCH3 is 2. The highest BCUT2D eigenvalue weighted by Crippen LogP contribution is 2.42. The first-order valence-corrected chi connectivity index (χ1v) is 24.9. The Hall–Kier alpha value is -7.22. The van der Waals surface area contributed by atoms with Gasteiger partial charge < -0.3 is 40.2 Å². The molecule has 0 aliphatic carbocycles. The number of ether oxygens (including phenoxy) is 3. The molecule has 6 heterocycles. The van der Waals surface area contributed by atoms with E-state index in [1.807, 2.05) is 22.9 Å². The smallest absolute Gasteiger partial charge is 0.407 e. The summed E-state index contributed by atoms with van der Waals surface area (Å²) in [5.74, 6) is 0.784. The fourth-order valence-corrected chi connectivity index (χ4v) is 9.28. The van der Waals surface area contributed by atoms with E-state index in [4.69, 9.17) is 4.74 Å². The van der Waals surface area contributed by atoms with Crippen LogP contribution in [-0.2, 0) is 36.8 Å². The van der Waals surface area contributed by atoms with Crippen LogP contribution in [0.5, 0.6) is 0 Å². The highest BCUT2D eigenvalue weighted by molar-refractivity contribution is 5.87. The van der Waals surface area contributed by atoms with Crippen LogP contribution in [0.2, 0.25) is 0 Å². The summed E-state index contributed by atoms with van der Waals surface area (Å²) in [5.41, 5.74) is -4.42. The molecule has 4 fully saturated rings. The molecule has 80 heavy (non-hydrogen) atoms. The molecule has 28 heteroatoms. The molecule has 4 saturated heterocycles. The number of nitrogens with one attached hydrogen (secondary N) is 4. The van der Waals surface area contributed by atoms with Crippen LogP contribution >= 0.6 is 0 Å². The van der Waals surface area contributed by atoms with Gasteiger partial charge in [-0.3, -0.25) is 19.9 Å². The maximum atomic E-state index is 16.0. The van der Waals surface area contributed by atoms with Crippen LogP contribution in [0.3, 0.4) is 0 Å². The number of rotatable bonds is 19. The summed E-state index contributed by atoms with van der Waals surface area (Å²) in [6.45, 7) is 0.191. The molecule has 6 atom stereocenters. The summed E-state index contributed by atoms with van der Waals surface area (Å²) in [6.07, 6.45) is -12.5. The van der Waals surface area contributed by atoms with Gasteiger partial charge >= 0.3 is 31.1 Å². The van der Waals surface area contributed by atoms with E-state index in [1.54, 1.807) is 23.6 Å². The molecular weight excluding hydrogens is 1080 g/mol. The topological polar surface area (TPSA) is 205 Å². The Bertz CT molecular complexity index is 2890. The number of piperidine rings is 1. The Labute approximate surface area is 452 Å².